The van der Waals surface area contributed by atoms with Crippen molar-refractivity contribution in [2.24, 2.45) is 16.7 Å². The van der Waals surface area contributed by atoms with E-state index in [4.69, 9.17) is 11.6 Å². The van der Waals surface area contributed by atoms with Gasteiger partial charge in [0, 0.05) is 5.54 Å². The van der Waals surface area contributed by atoms with E-state index in [0.717, 1.165) is 11.8 Å². The molecule has 0 aliphatic heterocycles. The second-order valence-corrected chi connectivity index (χ2v) is 5.00. The van der Waals surface area contributed by atoms with Crippen LogP contribution in [0.3, 0.4) is 0 Å². The number of hydrogen-bond donors (Lipinski definition) is 4. The fraction of sp³-hybridized carbons (Fsp3) is 0.625. The molecule has 0 heterocycles. The molecule has 0 saturated carbocycles. The lowest BCUT2D eigenvalue weighted by Gasteiger charge is -2.20. The van der Waals surface area contributed by atoms with Crippen LogP contribution in [0.2, 0.25) is 0 Å². The van der Waals surface area contributed by atoms with Gasteiger partial charge < -0.3 is 16.9 Å². The first-order chi connectivity index (χ1) is 7.24. The van der Waals surface area contributed by atoms with Crippen LogP contribution in [0.5, 0.6) is 0 Å². The topological polar surface area (TPSA) is 123 Å². The lowest BCUT2D eigenvalue weighted by atomic mass is 10.1. The van der Waals surface area contributed by atoms with Gasteiger partial charge in [0.05, 0.1) is 5.75 Å². The van der Waals surface area contributed by atoms with Gasteiger partial charge in [-0.3, -0.25) is 10.1 Å². The van der Waals surface area contributed by atoms with E-state index >= 15 is 0 Å². The van der Waals surface area contributed by atoms with Crippen LogP contribution >= 0.6 is 11.8 Å². The van der Waals surface area contributed by atoms with E-state index in [9.17, 15) is 9.59 Å². The van der Waals surface area contributed by atoms with Crippen molar-refractivity contribution in [2.75, 3.05) is 5.75 Å². The molecular formula is C8H17N5O2S. The summed E-state index contributed by atoms with van der Waals surface area (Å²) < 4.78 is 0. The molecule has 0 aromatic rings. The highest BCUT2D eigenvalue weighted by Gasteiger charge is 2.15. The van der Waals surface area contributed by atoms with Crippen LogP contribution in [-0.2, 0) is 4.79 Å². The molecule has 0 aliphatic rings. The van der Waals surface area contributed by atoms with Crippen molar-refractivity contribution in [1.29, 1.82) is 0 Å². The third kappa shape index (κ3) is 7.92. The van der Waals surface area contributed by atoms with Gasteiger partial charge in [0.2, 0.25) is 5.91 Å². The number of nitrogens with zero attached hydrogens (tertiary/aromatic N) is 1. The first-order valence-electron chi connectivity index (χ1n) is 4.53. The van der Waals surface area contributed by atoms with Crippen LogP contribution in [0.25, 0.3) is 0 Å². The normalized spacial score (nSPS) is 12.1. The highest BCUT2D eigenvalue weighted by atomic mass is 32.2. The van der Waals surface area contributed by atoms with Crippen molar-refractivity contribution in [1.82, 2.24) is 10.6 Å². The number of thioether (sulfide) groups is 1. The molecule has 0 bridgehead atoms. The Bertz CT molecular complexity index is 297. The van der Waals surface area contributed by atoms with E-state index in [1.54, 1.807) is 0 Å². The van der Waals surface area contributed by atoms with E-state index in [-0.39, 0.29) is 10.9 Å². The maximum atomic E-state index is 11.2. The van der Waals surface area contributed by atoms with Crippen LogP contribution in [0.1, 0.15) is 20.8 Å². The average Bonchev–Trinajstić information content (AvgIpc) is 2.10. The summed E-state index contributed by atoms with van der Waals surface area (Å²) >= 11 is 0.955. The lowest BCUT2D eigenvalue weighted by Crippen LogP contribution is -2.48. The summed E-state index contributed by atoms with van der Waals surface area (Å²) in [5, 5.41) is 8.01. The van der Waals surface area contributed by atoms with Crippen LogP contribution in [0, 0.1) is 0 Å². The van der Waals surface area contributed by atoms with Crippen molar-refractivity contribution in [3.8, 4) is 0 Å². The van der Waals surface area contributed by atoms with Gasteiger partial charge in [-0.1, -0.05) is 11.8 Å². The lowest BCUT2D eigenvalue weighted by molar-refractivity contribution is -0.117. The van der Waals surface area contributed by atoms with Gasteiger partial charge in [0.1, 0.15) is 0 Å². The molecule has 0 aromatic carbocycles. The zero-order chi connectivity index (χ0) is 12.8. The average molecular weight is 247 g/mol. The maximum Gasteiger partial charge on any atom is 0.321 e. The van der Waals surface area contributed by atoms with Gasteiger partial charge >= 0.3 is 6.03 Å². The van der Waals surface area contributed by atoms with Gasteiger partial charge in [-0.2, -0.15) is 5.10 Å². The highest BCUT2D eigenvalue weighted by molar-refractivity contribution is 8.14. The molecule has 0 atom stereocenters. The van der Waals surface area contributed by atoms with Crippen molar-refractivity contribution in [2.45, 2.75) is 26.3 Å². The minimum atomic E-state index is -0.540. The Morgan fingerprint density at radius 1 is 1.38 bits per heavy atom. The number of hydrogen-bond acceptors (Lipinski definition) is 5. The largest absolute Gasteiger partial charge is 0.377 e. The van der Waals surface area contributed by atoms with Gasteiger partial charge in [-0.25, -0.2) is 4.79 Å². The van der Waals surface area contributed by atoms with E-state index in [2.05, 4.69) is 15.7 Å². The van der Waals surface area contributed by atoms with Crippen LogP contribution in [0.15, 0.2) is 5.10 Å². The third-order valence-electron chi connectivity index (χ3n) is 1.22. The Kier molecular flexibility index (Phi) is 5.65. The molecule has 6 N–H and O–H groups in total. The Morgan fingerprint density at radius 3 is 2.38 bits per heavy atom. The van der Waals surface area contributed by atoms with Crippen LogP contribution in [0.4, 0.5) is 4.79 Å². The summed E-state index contributed by atoms with van der Waals surface area (Å²) in [5.74, 6) is 4.40. The predicted molar refractivity (Wildman–Crippen MR) is 64.7 cm³/mol. The molecule has 0 saturated heterocycles. The standard InChI is InChI=1S/C8H17N5O2S/c1-8(2,3)12-7(15)11-5(14)4-16-6(9)13-10/h4,10H2,1-3H3,(H2,9,13)(H2,11,12,14,15). The minimum absolute atomic E-state index is 0.00983. The molecule has 8 heteroatoms. The molecule has 0 unspecified atom stereocenters. The Morgan fingerprint density at radius 2 is 1.94 bits per heavy atom. The second kappa shape index (κ2) is 6.21. The number of carbonyl (C=O) groups excluding carboxylic acids is 2. The third-order valence-corrected chi connectivity index (χ3v) is 2.03. The molecule has 7 nitrogen and oxygen atoms in total. The number of nitrogens with two attached hydrogens (primary N) is 2. The molecule has 0 radical (unpaired) electrons. The number of nitrogens with one attached hydrogen (secondary N) is 2. The SMILES string of the molecule is CC(C)(C)NC(=O)NC(=O)CSC(N)=NN. The fourth-order valence-corrected chi connectivity index (χ4v) is 1.14. The van der Waals surface area contributed by atoms with Crippen LogP contribution in [-0.4, -0.2) is 28.4 Å². The Labute approximate surface area is 98.4 Å². The molecule has 3 amide bonds. The van der Waals surface area contributed by atoms with Gasteiger partial charge in [-0.15, -0.1) is 0 Å². The number of rotatable bonds is 2. The Hall–Kier alpha value is -1.44. The second-order valence-electron chi connectivity index (χ2n) is 4.01. The first-order valence-corrected chi connectivity index (χ1v) is 5.51. The number of amides is 3. The molecule has 0 fully saturated rings. The number of amidine groups is 1. The molecule has 16 heavy (non-hydrogen) atoms. The van der Waals surface area contributed by atoms with Gasteiger partial charge in [0.15, 0.2) is 5.17 Å². The van der Waals surface area contributed by atoms with Crippen molar-refractivity contribution < 1.29 is 9.59 Å². The van der Waals surface area contributed by atoms with Gasteiger partial charge in [0.25, 0.3) is 0 Å². The molecule has 0 aliphatic carbocycles. The highest BCUT2D eigenvalue weighted by Crippen LogP contribution is 1.99. The quantitative estimate of drug-likeness (QED) is 0.227. The van der Waals surface area contributed by atoms with Crippen molar-refractivity contribution in [3.63, 3.8) is 0 Å². The number of carbonyl (C=O) groups is 2. The summed E-state index contributed by atoms with van der Waals surface area (Å²) in [4.78, 5) is 22.5. The fourth-order valence-electron chi connectivity index (χ4n) is 0.711. The zero-order valence-corrected chi connectivity index (χ0v) is 10.4. The number of imide groups is 1. The van der Waals surface area contributed by atoms with E-state index in [1.807, 2.05) is 20.8 Å². The smallest absolute Gasteiger partial charge is 0.321 e. The molecule has 0 spiro atoms. The first kappa shape index (κ1) is 14.6. The van der Waals surface area contributed by atoms with Crippen molar-refractivity contribution in [3.05, 3.63) is 0 Å². The monoisotopic (exact) mass is 247 g/mol. The molecule has 0 rings (SSSR count). The summed E-state index contributed by atoms with van der Waals surface area (Å²) in [6, 6.07) is -0.540. The zero-order valence-electron chi connectivity index (χ0n) is 9.53. The Balaban J connectivity index is 3.93. The van der Waals surface area contributed by atoms with E-state index < -0.39 is 17.5 Å². The van der Waals surface area contributed by atoms with E-state index in [1.165, 1.54) is 0 Å². The predicted octanol–water partition coefficient (Wildman–Crippen LogP) is -0.468. The number of urea groups is 1. The van der Waals surface area contributed by atoms with E-state index in [0.29, 0.717) is 0 Å². The molecular weight excluding hydrogens is 230 g/mol. The molecule has 92 valence electrons. The molecule has 0 aromatic heterocycles. The van der Waals surface area contributed by atoms with Gasteiger partial charge in [-0.05, 0) is 20.8 Å². The minimum Gasteiger partial charge on any atom is -0.377 e. The summed E-state index contributed by atoms with van der Waals surface area (Å²) in [6.45, 7) is 5.43. The van der Waals surface area contributed by atoms with Crippen molar-refractivity contribution >= 4 is 28.9 Å². The summed E-state index contributed by atoms with van der Waals surface area (Å²) in [5.41, 5.74) is 4.87. The maximum absolute atomic E-state index is 11.2. The van der Waals surface area contributed by atoms with Crippen LogP contribution < -0.4 is 22.2 Å². The summed E-state index contributed by atoms with van der Waals surface area (Å²) in [6.07, 6.45) is 0. The number of hydrazone groups is 1. The summed E-state index contributed by atoms with van der Waals surface area (Å²) in [7, 11) is 0.